The van der Waals surface area contributed by atoms with Crippen molar-refractivity contribution >= 4 is 48.9 Å². The van der Waals surface area contributed by atoms with Crippen LogP contribution >= 0.6 is 27.7 Å². The number of sulfonamides is 1. The van der Waals surface area contributed by atoms with Crippen molar-refractivity contribution in [2.24, 2.45) is 0 Å². The number of imide groups is 1. The first-order valence-corrected chi connectivity index (χ1v) is 9.65. The Labute approximate surface area is 135 Å². The molecule has 1 saturated heterocycles. The number of halogens is 1. The Morgan fingerprint density at radius 3 is 2.43 bits per heavy atom. The van der Waals surface area contributed by atoms with Gasteiger partial charge >= 0.3 is 0 Å². The third-order valence-electron chi connectivity index (χ3n) is 2.86. The van der Waals surface area contributed by atoms with E-state index in [1.165, 1.54) is 12.1 Å². The lowest BCUT2D eigenvalue weighted by Gasteiger charge is -2.13. The molecule has 0 spiro atoms. The van der Waals surface area contributed by atoms with Crippen molar-refractivity contribution < 1.29 is 18.0 Å². The summed E-state index contributed by atoms with van der Waals surface area (Å²) in [7, 11) is -3.63. The lowest BCUT2D eigenvalue weighted by Crippen LogP contribution is -2.37. The van der Waals surface area contributed by atoms with E-state index in [0.717, 1.165) is 22.2 Å². The summed E-state index contributed by atoms with van der Waals surface area (Å²) in [6.45, 7) is 0.0456. The molecule has 0 aliphatic carbocycles. The van der Waals surface area contributed by atoms with Crippen molar-refractivity contribution in [3.63, 3.8) is 0 Å². The number of rotatable bonds is 6. The van der Waals surface area contributed by atoms with Gasteiger partial charge in [0.1, 0.15) is 0 Å². The Morgan fingerprint density at radius 1 is 1.24 bits per heavy atom. The summed E-state index contributed by atoms with van der Waals surface area (Å²) in [5.74, 6) is -0.162. The van der Waals surface area contributed by atoms with Crippen molar-refractivity contribution in [2.75, 3.05) is 18.8 Å². The van der Waals surface area contributed by atoms with E-state index in [9.17, 15) is 18.0 Å². The molecule has 1 aromatic carbocycles. The van der Waals surface area contributed by atoms with Crippen LogP contribution in [-0.2, 0) is 20.1 Å². The molecule has 1 aliphatic rings. The van der Waals surface area contributed by atoms with Crippen LogP contribution in [0.4, 0.5) is 4.79 Å². The van der Waals surface area contributed by atoms with Crippen molar-refractivity contribution in [3.8, 4) is 0 Å². The minimum absolute atomic E-state index is 0.000565. The fourth-order valence-electron chi connectivity index (χ4n) is 1.73. The summed E-state index contributed by atoms with van der Waals surface area (Å²) >= 11 is 4.21. The molecule has 114 valence electrons. The van der Waals surface area contributed by atoms with Crippen molar-refractivity contribution in [1.29, 1.82) is 0 Å². The van der Waals surface area contributed by atoms with E-state index < -0.39 is 10.0 Å². The van der Waals surface area contributed by atoms with Crippen LogP contribution in [0.15, 0.2) is 29.2 Å². The SMILES string of the molecule is O=C1CSC(=O)N1CCNS(=O)(=O)c1ccc(CBr)cc1. The Balaban J connectivity index is 1.94. The van der Waals surface area contributed by atoms with E-state index >= 15 is 0 Å². The van der Waals surface area contributed by atoms with Crippen LogP contribution in [0.25, 0.3) is 0 Å². The first kappa shape index (κ1) is 16.5. The smallest absolute Gasteiger partial charge is 0.273 e. The van der Waals surface area contributed by atoms with Crippen LogP contribution in [0.2, 0.25) is 0 Å². The third-order valence-corrected chi connectivity index (χ3v) is 5.84. The predicted molar refractivity (Wildman–Crippen MR) is 83.8 cm³/mol. The summed E-state index contributed by atoms with van der Waals surface area (Å²) in [6, 6.07) is 6.46. The average Bonchev–Trinajstić information content (AvgIpc) is 2.79. The van der Waals surface area contributed by atoms with Gasteiger partial charge in [-0.05, 0) is 17.7 Å². The minimum Gasteiger partial charge on any atom is -0.273 e. The summed E-state index contributed by atoms with van der Waals surface area (Å²) in [4.78, 5) is 24.0. The molecule has 0 aromatic heterocycles. The molecule has 1 heterocycles. The molecule has 0 radical (unpaired) electrons. The fourth-order valence-corrected chi connectivity index (χ4v) is 3.88. The molecule has 0 bridgehead atoms. The van der Waals surface area contributed by atoms with Crippen LogP contribution in [0.1, 0.15) is 5.56 Å². The maximum atomic E-state index is 12.1. The second-order valence-electron chi connectivity index (χ2n) is 4.28. The Bertz CT molecular complexity index is 630. The van der Waals surface area contributed by atoms with E-state index in [0.29, 0.717) is 5.33 Å². The van der Waals surface area contributed by atoms with Gasteiger partial charge in [0.2, 0.25) is 15.9 Å². The van der Waals surface area contributed by atoms with Gasteiger partial charge < -0.3 is 0 Å². The molecule has 1 N–H and O–H groups in total. The molecular formula is C12H13BrN2O4S2. The number of benzene rings is 1. The highest BCUT2D eigenvalue weighted by molar-refractivity contribution is 9.08. The molecular weight excluding hydrogens is 380 g/mol. The summed E-state index contributed by atoms with van der Waals surface area (Å²) < 4.78 is 26.5. The number of carbonyl (C=O) groups is 2. The van der Waals surface area contributed by atoms with Crippen molar-refractivity contribution in [3.05, 3.63) is 29.8 Å². The topological polar surface area (TPSA) is 83.6 Å². The molecule has 2 rings (SSSR count). The molecule has 0 unspecified atom stereocenters. The number of amides is 2. The lowest BCUT2D eigenvalue weighted by molar-refractivity contribution is -0.124. The van der Waals surface area contributed by atoms with Gasteiger partial charge in [0.05, 0.1) is 10.6 Å². The van der Waals surface area contributed by atoms with Gasteiger partial charge in [-0.25, -0.2) is 13.1 Å². The second-order valence-corrected chi connectivity index (χ2v) is 7.53. The number of nitrogens with one attached hydrogen (secondary N) is 1. The maximum absolute atomic E-state index is 12.1. The van der Waals surface area contributed by atoms with Gasteiger partial charge in [0.25, 0.3) is 5.24 Å². The van der Waals surface area contributed by atoms with Crippen LogP contribution in [0, 0.1) is 0 Å². The highest BCUT2D eigenvalue weighted by Gasteiger charge is 2.29. The molecule has 1 fully saturated rings. The molecule has 9 heteroatoms. The third kappa shape index (κ3) is 4.06. The summed E-state index contributed by atoms with van der Waals surface area (Å²) in [5.41, 5.74) is 0.972. The molecule has 0 saturated carbocycles. The Kier molecular flexibility index (Phi) is 5.42. The number of hydrogen-bond donors (Lipinski definition) is 1. The number of nitrogens with zero attached hydrogens (tertiary/aromatic N) is 1. The summed E-state index contributed by atoms with van der Waals surface area (Å²) in [5, 5.41) is 0.318. The second kappa shape index (κ2) is 6.91. The van der Waals surface area contributed by atoms with E-state index in [1.807, 2.05) is 0 Å². The molecule has 1 aromatic rings. The fraction of sp³-hybridized carbons (Fsp3) is 0.333. The van der Waals surface area contributed by atoms with Crippen LogP contribution < -0.4 is 4.72 Å². The first-order valence-electron chi connectivity index (χ1n) is 6.06. The van der Waals surface area contributed by atoms with E-state index in [4.69, 9.17) is 0 Å². The zero-order valence-electron chi connectivity index (χ0n) is 10.9. The number of thioether (sulfide) groups is 1. The Morgan fingerprint density at radius 2 is 1.90 bits per heavy atom. The highest BCUT2D eigenvalue weighted by Crippen LogP contribution is 2.18. The van der Waals surface area contributed by atoms with E-state index in [1.54, 1.807) is 12.1 Å². The van der Waals surface area contributed by atoms with Gasteiger partial charge in [-0.15, -0.1) is 0 Å². The van der Waals surface area contributed by atoms with Crippen molar-refractivity contribution in [1.82, 2.24) is 9.62 Å². The number of alkyl halides is 1. The zero-order chi connectivity index (χ0) is 15.5. The quantitative estimate of drug-likeness (QED) is 0.742. The van der Waals surface area contributed by atoms with E-state index in [2.05, 4.69) is 20.7 Å². The summed E-state index contributed by atoms with van der Waals surface area (Å²) in [6.07, 6.45) is 0. The van der Waals surface area contributed by atoms with Crippen LogP contribution in [0.5, 0.6) is 0 Å². The average molecular weight is 393 g/mol. The van der Waals surface area contributed by atoms with Gasteiger partial charge in [-0.3, -0.25) is 14.5 Å². The number of hydrogen-bond acceptors (Lipinski definition) is 5. The molecule has 2 amide bonds. The largest absolute Gasteiger partial charge is 0.288 e. The molecule has 1 aliphatic heterocycles. The highest BCUT2D eigenvalue weighted by atomic mass is 79.9. The van der Waals surface area contributed by atoms with Crippen LogP contribution in [0.3, 0.4) is 0 Å². The molecule has 0 atom stereocenters. The minimum atomic E-state index is -3.63. The van der Waals surface area contributed by atoms with Crippen LogP contribution in [-0.4, -0.2) is 43.3 Å². The van der Waals surface area contributed by atoms with Gasteiger partial charge in [-0.2, -0.15) is 0 Å². The lowest BCUT2D eigenvalue weighted by atomic mass is 10.2. The van der Waals surface area contributed by atoms with Gasteiger partial charge in [-0.1, -0.05) is 39.8 Å². The van der Waals surface area contributed by atoms with E-state index in [-0.39, 0.29) is 34.9 Å². The first-order chi connectivity index (χ1) is 9.94. The Hall–Kier alpha value is -0.900. The molecule has 21 heavy (non-hydrogen) atoms. The normalized spacial score (nSPS) is 15.8. The van der Waals surface area contributed by atoms with Gasteiger partial charge in [0, 0.05) is 18.4 Å². The molecule has 6 nitrogen and oxygen atoms in total. The monoisotopic (exact) mass is 392 g/mol. The number of carbonyl (C=O) groups excluding carboxylic acids is 2. The van der Waals surface area contributed by atoms with Gasteiger partial charge in [0.15, 0.2) is 0 Å². The zero-order valence-corrected chi connectivity index (χ0v) is 14.1. The maximum Gasteiger partial charge on any atom is 0.288 e. The van der Waals surface area contributed by atoms with Crippen molar-refractivity contribution in [2.45, 2.75) is 10.2 Å². The standard InChI is InChI=1S/C12H13BrN2O4S2/c13-7-9-1-3-10(4-2-9)21(18,19)14-5-6-15-11(16)8-20-12(15)17/h1-4,14H,5-8H2. The predicted octanol–water partition coefficient (Wildman–Crippen LogP) is 1.56.